The van der Waals surface area contributed by atoms with Crippen LogP contribution in [0.4, 0.5) is 0 Å². The lowest BCUT2D eigenvalue weighted by Crippen LogP contribution is -2.29. The summed E-state index contributed by atoms with van der Waals surface area (Å²) in [6.45, 7) is 3.21. The Hall–Kier alpha value is -2.34. The topological polar surface area (TPSA) is 63.7 Å². The highest BCUT2D eigenvalue weighted by atomic mass is 32.2. The number of amides is 1. The van der Waals surface area contributed by atoms with E-state index in [9.17, 15) is 13.2 Å². The number of unbranched alkanes of at least 4 members (excludes halogenated alkanes) is 4. The van der Waals surface area contributed by atoms with Crippen molar-refractivity contribution >= 4 is 16.0 Å². The molecule has 6 heteroatoms. The van der Waals surface area contributed by atoms with E-state index < -0.39 is 10.1 Å². The number of carbonyl (C=O) groups is 1. The largest absolute Gasteiger partial charge is 0.383 e. The van der Waals surface area contributed by atoms with E-state index in [1.165, 1.54) is 19.3 Å². The van der Waals surface area contributed by atoms with Crippen molar-refractivity contribution in [1.82, 2.24) is 4.90 Å². The van der Waals surface area contributed by atoms with Crippen molar-refractivity contribution in [3.05, 3.63) is 65.7 Å². The van der Waals surface area contributed by atoms with Gasteiger partial charge < -0.3 is 9.08 Å². The number of benzene rings is 2. The summed E-state index contributed by atoms with van der Waals surface area (Å²) in [7, 11) is -3.55. The van der Waals surface area contributed by atoms with Crippen LogP contribution in [0.5, 0.6) is 5.75 Å². The summed E-state index contributed by atoms with van der Waals surface area (Å²) in [4.78, 5) is 14.7. The third-order valence-corrected chi connectivity index (χ3v) is 5.10. The van der Waals surface area contributed by atoms with E-state index in [4.69, 9.17) is 4.18 Å². The Labute approximate surface area is 174 Å². The summed E-state index contributed by atoms with van der Waals surface area (Å²) in [6.07, 6.45) is 7.12. The molecule has 0 spiro atoms. The van der Waals surface area contributed by atoms with Gasteiger partial charge in [0, 0.05) is 19.5 Å². The first-order valence-corrected chi connectivity index (χ1v) is 12.0. The van der Waals surface area contributed by atoms with Gasteiger partial charge in [0.2, 0.25) is 5.91 Å². The molecule has 0 saturated carbocycles. The highest BCUT2D eigenvalue weighted by Gasteiger charge is 2.15. The van der Waals surface area contributed by atoms with Gasteiger partial charge in [0.15, 0.2) is 0 Å². The van der Waals surface area contributed by atoms with Crippen molar-refractivity contribution < 1.29 is 17.4 Å². The Bertz CT molecular complexity index is 848. The van der Waals surface area contributed by atoms with Crippen LogP contribution in [0.3, 0.4) is 0 Å². The first kappa shape index (κ1) is 22.9. The molecule has 0 heterocycles. The van der Waals surface area contributed by atoms with Gasteiger partial charge in [-0.3, -0.25) is 4.79 Å². The number of nitrogens with zero attached hydrogens (tertiary/aromatic N) is 1. The third-order valence-electron chi connectivity index (χ3n) is 4.61. The van der Waals surface area contributed by atoms with Crippen LogP contribution in [-0.4, -0.2) is 25.5 Å². The molecule has 1 amide bonds. The smallest absolute Gasteiger partial charge is 0.306 e. The normalized spacial score (nSPS) is 11.2. The lowest BCUT2D eigenvalue weighted by molar-refractivity contribution is -0.132. The molecule has 0 radical (unpaired) electrons. The van der Waals surface area contributed by atoms with E-state index in [1.807, 2.05) is 35.2 Å². The average Bonchev–Trinajstić information content (AvgIpc) is 2.68. The second-order valence-electron chi connectivity index (χ2n) is 7.33. The molecular formula is C23H31NO4S. The van der Waals surface area contributed by atoms with Gasteiger partial charge >= 0.3 is 10.1 Å². The van der Waals surface area contributed by atoms with Gasteiger partial charge in [-0.05, 0) is 29.7 Å². The van der Waals surface area contributed by atoms with Gasteiger partial charge in [0.25, 0.3) is 0 Å². The maximum Gasteiger partial charge on any atom is 0.306 e. The number of hydrogen-bond acceptors (Lipinski definition) is 4. The maximum absolute atomic E-state index is 12.9. The van der Waals surface area contributed by atoms with E-state index in [1.54, 1.807) is 24.3 Å². The highest BCUT2D eigenvalue weighted by Crippen LogP contribution is 2.18. The second kappa shape index (κ2) is 11.6. The minimum absolute atomic E-state index is 0.141. The van der Waals surface area contributed by atoms with Crippen molar-refractivity contribution in [2.45, 2.75) is 58.5 Å². The van der Waals surface area contributed by atoms with Crippen molar-refractivity contribution in [2.24, 2.45) is 0 Å². The minimum atomic E-state index is -3.55. The van der Waals surface area contributed by atoms with E-state index in [-0.39, 0.29) is 11.7 Å². The molecule has 158 valence electrons. The summed E-state index contributed by atoms with van der Waals surface area (Å²) >= 11 is 0. The van der Waals surface area contributed by atoms with Gasteiger partial charge in [0.1, 0.15) is 5.75 Å². The van der Waals surface area contributed by atoms with Crippen LogP contribution < -0.4 is 4.18 Å². The Balaban J connectivity index is 2.03. The fourth-order valence-corrected chi connectivity index (χ4v) is 3.58. The fourth-order valence-electron chi connectivity index (χ4n) is 3.12. The lowest BCUT2D eigenvalue weighted by atomic mass is 10.1. The minimum Gasteiger partial charge on any atom is -0.383 e. The Morgan fingerprint density at radius 2 is 1.45 bits per heavy atom. The molecule has 0 aliphatic rings. The SMILES string of the molecule is CCCCCCCC(=O)N(Cc1ccccc1)Cc1ccc(OS(C)(=O)=O)cc1. The molecule has 2 aromatic rings. The standard InChI is InChI=1S/C23H31NO4S/c1-3-4-5-6-10-13-23(25)24(18-20-11-8-7-9-12-20)19-21-14-16-22(17-15-21)28-29(2,26)27/h7-9,11-12,14-17H,3-6,10,13,18-19H2,1-2H3. The molecule has 5 nitrogen and oxygen atoms in total. The molecule has 0 aromatic heterocycles. The van der Waals surface area contributed by atoms with Gasteiger partial charge in [0.05, 0.1) is 6.26 Å². The van der Waals surface area contributed by atoms with E-state index in [2.05, 4.69) is 6.92 Å². The summed E-state index contributed by atoms with van der Waals surface area (Å²) in [6, 6.07) is 16.8. The molecule has 2 rings (SSSR count). The summed E-state index contributed by atoms with van der Waals surface area (Å²) in [5.41, 5.74) is 2.02. The molecule has 29 heavy (non-hydrogen) atoms. The number of hydrogen-bond donors (Lipinski definition) is 0. The molecule has 0 bridgehead atoms. The zero-order chi connectivity index (χ0) is 21.1. The van der Waals surface area contributed by atoms with Gasteiger partial charge in [-0.1, -0.05) is 75.1 Å². The van der Waals surface area contributed by atoms with Gasteiger partial charge in [-0.2, -0.15) is 8.42 Å². The van der Waals surface area contributed by atoms with E-state index >= 15 is 0 Å². The molecular weight excluding hydrogens is 386 g/mol. The van der Waals surface area contributed by atoms with Crippen molar-refractivity contribution in [3.8, 4) is 5.75 Å². The predicted octanol–water partition coefficient (Wildman–Crippen LogP) is 4.91. The summed E-state index contributed by atoms with van der Waals surface area (Å²) < 4.78 is 27.4. The van der Waals surface area contributed by atoms with Crippen LogP contribution in [0, 0.1) is 0 Å². The highest BCUT2D eigenvalue weighted by molar-refractivity contribution is 7.86. The molecule has 0 fully saturated rings. The Morgan fingerprint density at radius 1 is 0.862 bits per heavy atom. The van der Waals surface area contributed by atoms with E-state index in [0.717, 1.165) is 30.2 Å². The van der Waals surface area contributed by atoms with Crippen LogP contribution in [-0.2, 0) is 28.0 Å². The van der Waals surface area contributed by atoms with Crippen LogP contribution >= 0.6 is 0 Å². The van der Waals surface area contributed by atoms with Crippen molar-refractivity contribution in [3.63, 3.8) is 0 Å². The van der Waals surface area contributed by atoms with Crippen LogP contribution in [0.2, 0.25) is 0 Å². The summed E-state index contributed by atoms with van der Waals surface area (Å²) in [5.74, 6) is 0.412. The predicted molar refractivity (Wildman–Crippen MR) is 116 cm³/mol. The average molecular weight is 418 g/mol. The monoisotopic (exact) mass is 417 g/mol. The molecule has 0 N–H and O–H groups in total. The quantitative estimate of drug-likeness (QED) is 0.363. The molecule has 0 aliphatic carbocycles. The molecule has 2 aromatic carbocycles. The van der Waals surface area contributed by atoms with Gasteiger partial charge in [-0.15, -0.1) is 0 Å². The molecule has 0 unspecified atom stereocenters. The van der Waals surface area contributed by atoms with E-state index in [0.29, 0.717) is 19.5 Å². The first-order chi connectivity index (χ1) is 13.9. The van der Waals surface area contributed by atoms with Crippen molar-refractivity contribution in [2.75, 3.05) is 6.26 Å². The number of rotatable bonds is 12. The summed E-state index contributed by atoms with van der Waals surface area (Å²) in [5, 5.41) is 0. The zero-order valence-corrected chi connectivity index (χ0v) is 18.2. The second-order valence-corrected chi connectivity index (χ2v) is 8.91. The fraction of sp³-hybridized carbons (Fsp3) is 0.435. The third kappa shape index (κ3) is 9.13. The van der Waals surface area contributed by atoms with Crippen LogP contribution in [0.15, 0.2) is 54.6 Å². The van der Waals surface area contributed by atoms with Crippen molar-refractivity contribution in [1.29, 1.82) is 0 Å². The lowest BCUT2D eigenvalue weighted by Gasteiger charge is -2.23. The Morgan fingerprint density at radius 3 is 2.03 bits per heavy atom. The molecule has 0 atom stereocenters. The Kier molecular flexibility index (Phi) is 9.19. The van der Waals surface area contributed by atoms with Crippen LogP contribution in [0.1, 0.15) is 56.6 Å². The van der Waals surface area contributed by atoms with Crippen LogP contribution in [0.25, 0.3) is 0 Å². The maximum atomic E-state index is 12.9. The molecule has 0 saturated heterocycles. The zero-order valence-electron chi connectivity index (χ0n) is 17.3. The van der Waals surface area contributed by atoms with Gasteiger partial charge in [-0.25, -0.2) is 0 Å². The molecule has 0 aliphatic heterocycles. The number of carbonyl (C=O) groups excluding carboxylic acids is 1. The first-order valence-electron chi connectivity index (χ1n) is 10.2.